The Bertz CT molecular complexity index is 1910. The summed E-state index contributed by atoms with van der Waals surface area (Å²) in [6.45, 7) is 7.88. The lowest BCUT2D eigenvalue weighted by atomic mass is 9.95. The molecule has 0 aliphatic carbocycles. The molecule has 2 heterocycles. The predicted molar refractivity (Wildman–Crippen MR) is 180 cm³/mol. The molecule has 0 radical (unpaired) electrons. The maximum atomic E-state index is 14.1. The number of fused-ring (bicyclic) bond motifs is 1. The Labute approximate surface area is 280 Å². The van der Waals surface area contributed by atoms with Crippen molar-refractivity contribution in [3.05, 3.63) is 122 Å². The van der Waals surface area contributed by atoms with Gasteiger partial charge in [-0.05, 0) is 91.2 Å². The molecule has 44 heavy (non-hydrogen) atoms. The van der Waals surface area contributed by atoms with Crippen molar-refractivity contribution in [3.8, 4) is 11.5 Å². The summed E-state index contributed by atoms with van der Waals surface area (Å²) in [5, 5.41) is 0.397. The van der Waals surface area contributed by atoms with Gasteiger partial charge < -0.3 is 14.2 Å². The van der Waals surface area contributed by atoms with Gasteiger partial charge in [0.2, 0.25) is 0 Å². The quantitative estimate of drug-likeness (QED) is 0.167. The third-order valence-electron chi connectivity index (χ3n) is 6.71. The molecule has 1 aliphatic rings. The van der Waals surface area contributed by atoms with Crippen molar-refractivity contribution in [3.63, 3.8) is 0 Å². The van der Waals surface area contributed by atoms with Crippen molar-refractivity contribution in [1.82, 2.24) is 4.57 Å². The fraction of sp³-hybridized carbons (Fsp3) is 0.242. The van der Waals surface area contributed by atoms with Gasteiger partial charge in [-0.15, -0.1) is 0 Å². The van der Waals surface area contributed by atoms with Crippen molar-refractivity contribution in [2.75, 3.05) is 6.61 Å². The minimum absolute atomic E-state index is 0.117. The zero-order chi connectivity index (χ0) is 31.5. The first kappa shape index (κ1) is 32.2. The van der Waals surface area contributed by atoms with E-state index < -0.39 is 12.0 Å². The Kier molecular flexibility index (Phi) is 10.1. The summed E-state index contributed by atoms with van der Waals surface area (Å²) in [7, 11) is 0. The summed E-state index contributed by atoms with van der Waals surface area (Å²) in [4.78, 5) is 32.5. The highest BCUT2D eigenvalue weighted by atomic mass is 79.9. The number of ether oxygens (including phenoxy) is 3. The van der Waals surface area contributed by atoms with E-state index in [0.29, 0.717) is 59.3 Å². The number of aromatic nitrogens is 1. The average molecular weight is 761 g/mol. The predicted octanol–water partition coefficient (Wildman–Crippen LogP) is 7.34. The number of hydrogen-bond acceptors (Lipinski definition) is 7. The third-order valence-corrected chi connectivity index (χ3v) is 9.09. The van der Waals surface area contributed by atoms with E-state index in [4.69, 9.17) is 25.8 Å². The van der Waals surface area contributed by atoms with Crippen LogP contribution in [0.3, 0.4) is 0 Å². The first-order valence-corrected chi connectivity index (χ1v) is 16.7. The van der Waals surface area contributed by atoms with E-state index in [2.05, 4.69) is 36.9 Å². The number of carbonyl (C=O) groups is 1. The van der Waals surface area contributed by atoms with Gasteiger partial charge in [0.15, 0.2) is 10.6 Å². The molecular weight excluding hydrogens is 732 g/mol. The summed E-state index contributed by atoms with van der Waals surface area (Å²) in [5.74, 6) is 0.555. The van der Waals surface area contributed by atoms with E-state index in [1.54, 1.807) is 30.6 Å². The van der Waals surface area contributed by atoms with Crippen LogP contribution in [-0.4, -0.2) is 23.2 Å². The number of allylic oxidation sites excluding steroid dienone is 1. The first-order valence-electron chi connectivity index (χ1n) is 13.9. The van der Waals surface area contributed by atoms with Gasteiger partial charge >= 0.3 is 5.97 Å². The molecule has 5 rings (SSSR count). The van der Waals surface area contributed by atoms with Crippen LogP contribution in [-0.2, 0) is 16.1 Å². The molecule has 0 saturated carbocycles. The van der Waals surface area contributed by atoms with Crippen LogP contribution in [0.15, 0.2) is 90.7 Å². The molecule has 228 valence electrons. The topological polar surface area (TPSA) is 79.1 Å². The van der Waals surface area contributed by atoms with Crippen LogP contribution >= 0.6 is 54.8 Å². The van der Waals surface area contributed by atoms with Gasteiger partial charge in [0, 0.05) is 10.0 Å². The molecule has 0 spiro atoms. The van der Waals surface area contributed by atoms with Gasteiger partial charge in [-0.3, -0.25) is 9.36 Å². The number of nitrogens with zero attached hydrogens (tertiary/aromatic N) is 2. The smallest absolute Gasteiger partial charge is 0.338 e. The van der Waals surface area contributed by atoms with Gasteiger partial charge in [0.05, 0.1) is 38.0 Å². The number of benzene rings is 3. The van der Waals surface area contributed by atoms with Crippen LogP contribution in [0.2, 0.25) is 5.02 Å². The Balaban J connectivity index is 1.58. The highest BCUT2D eigenvalue weighted by Gasteiger charge is 2.35. The largest absolute Gasteiger partial charge is 0.491 e. The molecule has 11 heteroatoms. The van der Waals surface area contributed by atoms with Crippen LogP contribution in [0.25, 0.3) is 6.08 Å². The van der Waals surface area contributed by atoms with E-state index in [0.717, 1.165) is 10.0 Å². The highest BCUT2D eigenvalue weighted by Crippen LogP contribution is 2.37. The molecule has 0 amide bonds. The second-order valence-corrected chi connectivity index (χ2v) is 13.4. The molecule has 0 fully saturated rings. The van der Waals surface area contributed by atoms with Gasteiger partial charge in [0.25, 0.3) is 5.56 Å². The molecular formula is C33H29Br2ClN2O5S. The van der Waals surface area contributed by atoms with Crippen molar-refractivity contribution in [2.24, 2.45) is 4.99 Å². The molecule has 0 N–H and O–H groups in total. The number of thiazole rings is 1. The molecule has 1 aliphatic heterocycles. The molecule has 0 unspecified atom stereocenters. The summed E-state index contributed by atoms with van der Waals surface area (Å²) in [6, 6.07) is 18.1. The normalized spacial score (nSPS) is 14.8. The van der Waals surface area contributed by atoms with Gasteiger partial charge in [0.1, 0.15) is 18.4 Å². The van der Waals surface area contributed by atoms with Crippen molar-refractivity contribution in [2.45, 2.75) is 46.4 Å². The number of carbonyl (C=O) groups excluding carboxylic acids is 1. The molecule has 1 atom stereocenters. The second kappa shape index (κ2) is 13.9. The maximum absolute atomic E-state index is 14.1. The number of hydrogen-bond donors (Lipinski definition) is 0. The molecule has 3 aromatic carbocycles. The Morgan fingerprint density at radius 3 is 2.55 bits per heavy atom. The van der Waals surface area contributed by atoms with Crippen LogP contribution in [0, 0.1) is 0 Å². The standard InChI is InChI=1S/C33H29Br2ClN2O5S/c1-5-41-32(40)28-19(4)37-33-38(29(28)23-8-6-7-9-26(23)43-18(2)3)31(39)27(44-33)16-21-14-24(35)30(25(36)15-21)42-17-20-10-12-22(34)13-11-20/h6-16,18,29H,5,17H2,1-4H3/b27-16+/t29-/m1/s1. The minimum Gasteiger partial charge on any atom is -0.491 e. The molecule has 4 aromatic rings. The van der Waals surface area contributed by atoms with E-state index in [-0.39, 0.29) is 18.3 Å². The van der Waals surface area contributed by atoms with Gasteiger partial charge in [-0.1, -0.05) is 69.2 Å². The van der Waals surface area contributed by atoms with Crippen LogP contribution in [0.1, 0.15) is 50.4 Å². The monoisotopic (exact) mass is 758 g/mol. The Morgan fingerprint density at radius 1 is 1.14 bits per heavy atom. The van der Waals surface area contributed by atoms with E-state index in [1.165, 1.54) is 11.3 Å². The zero-order valence-electron chi connectivity index (χ0n) is 24.4. The summed E-state index contributed by atoms with van der Waals surface area (Å²) in [6.07, 6.45) is 1.64. The van der Waals surface area contributed by atoms with Crippen molar-refractivity contribution < 1.29 is 19.0 Å². The van der Waals surface area contributed by atoms with Crippen LogP contribution in [0.5, 0.6) is 11.5 Å². The summed E-state index contributed by atoms with van der Waals surface area (Å²) in [5.41, 5.74) is 2.85. The van der Waals surface area contributed by atoms with Crippen LogP contribution < -0.4 is 24.4 Å². The number of esters is 1. The molecule has 0 saturated heterocycles. The number of halogens is 3. The lowest BCUT2D eigenvalue weighted by Crippen LogP contribution is -2.40. The van der Waals surface area contributed by atoms with Gasteiger partial charge in [-0.2, -0.15) is 0 Å². The minimum atomic E-state index is -0.785. The average Bonchev–Trinajstić information content (AvgIpc) is 3.26. The maximum Gasteiger partial charge on any atom is 0.338 e. The van der Waals surface area contributed by atoms with E-state index in [1.807, 2.05) is 68.4 Å². The van der Waals surface area contributed by atoms with Crippen molar-refractivity contribution >= 4 is 66.8 Å². The number of rotatable bonds is 9. The lowest BCUT2D eigenvalue weighted by molar-refractivity contribution is -0.139. The summed E-state index contributed by atoms with van der Waals surface area (Å²) < 4.78 is 21.2. The fourth-order valence-electron chi connectivity index (χ4n) is 4.84. The van der Waals surface area contributed by atoms with Crippen molar-refractivity contribution in [1.29, 1.82) is 0 Å². The van der Waals surface area contributed by atoms with E-state index >= 15 is 0 Å². The summed E-state index contributed by atoms with van der Waals surface area (Å²) >= 11 is 14.9. The fourth-order valence-corrected chi connectivity index (χ4v) is 7.14. The van der Waals surface area contributed by atoms with Gasteiger partial charge in [-0.25, -0.2) is 9.79 Å². The molecule has 7 nitrogen and oxygen atoms in total. The first-order chi connectivity index (χ1) is 21.1. The third kappa shape index (κ3) is 6.88. The lowest BCUT2D eigenvalue weighted by Gasteiger charge is -2.26. The number of para-hydroxylation sites is 1. The Morgan fingerprint density at radius 2 is 1.86 bits per heavy atom. The SMILES string of the molecule is CCOC(=O)C1=C(C)N=c2s/c(=C/c3cc(Cl)c(OCc4ccc(Br)cc4)c(Br)c3)c(=O)n2[C@@H]1c1ccccc1OC(C)C. The second-order valence-electron chi connectivity index (χ2n) is 10.2. The molecule has 1 aromatic heterocycles. The zero-order valence-corrected chi connectivity index (χ0v) is 29.1. The Hall–Kier alpha value is -3.18. The highest BCUT2D eigenvalue weighted by molar-refractivity contribution is 9.10. The van der Waals surface area contributed by atoms with E-state index in [9.17, 15) is 9.59 Å². The molecule has 0 bridgehead atoms. The van der Waals surface area contributed by atoms with Crippen LogP contribution in [0.4, 0.5) is 0 Å².